The fourth-order valence-corrected chi connectivity index (χ4v) is 2.32. The Kier molecular flexibility index (Phi) is 6.37. The summed E-state index contributed by atoms with van der Waals surface area (Å²) in [6.45, 7) is 4.92. The first-order valence-corrected chi connectivity index (χ1v) is 7.09. The van der Waals surface area contributed by atoms with E-state index in [1.807, 2.05) is 19.0 Å². The van der Waals surface area contributed by atoms with Crippen molar-refractivity contribution in [3.8, 4) is 0 Å². The van der Waals surface area contributed by atoms with E-state index < -0.39 is 5.97 Å². The van der Waals surface area contributed by atoms with Crippen molar-refractivity contribution < 1.29 is 14.7 Å². The van der Waals surface area contributed by atoms with Crippen molar-refractivity contribution in [1.82, 2.24) is 10.2 Å². The van der Waals surface area contributed by atoms with Gasteiger partial charge in [0.05, 0.1) is 11.1 Å². The van der Waals surface area contributed by atoms with Crippen LogP contribution in [0.1, 0.15) is 41.0 Å². The molecule has 0 bridgehead atoms. The van der Waals surface area contributed by atoms with E-state index in [-0.39, 0.29) is 23.1 Å². The predicted octanol–water partition coefficient (Wildman–Crippen LogP) is 2.09. The van der Waals surface area contributed by atoms with Gasteiger partial charge in [0.15, 0.2) is 0 Å². The molecule has 0 saturated heterocycles. The number of aromatic carboxylic acids is 1. The van der Waals surface area contributed by atoms with Crippen LogP contribution in [0.25, 0.3) is 0 Å². The van der Waals surface area contributed by atoms with Crippen molar-refractivity contribution in [2.45, 2.75) is 26.3 Å². The fraction of sp³-hybridized carbons (Fsp3) is 0.500. The molecule has 1 rings (SSSR count). The summed E-state index contributed by atoms with van der Waals surface area (Å²) in [6.07, 6.45) is 0.846. The number of hydrogen-bond acceptors (Lipinski definition) is 3. The topological polar surface area (TPSA) is 69.6 Å². The van der Waals surface area contributed by atoms with Gasteiger partial charge in [-0.2, -0.15) is 0 Å². The van der Waals surface area contributed by atoms with E-state index in [4.69, 9.17) is 5.11 Å². The number of nitrogens with one attached hydrogen (secondary N) is 1. The zero-order chi connectivity index (χ0) is 16.0. The average Bonchev–Trinajstić information content (AvgIpc) is 2.36. The van der Waals surface area contributed by atoms with Crippen LogP contribution in [0.3, 0.4) is 0 Å². The van der Waals surface area contributed by atoms with Crippen LogP contribution < -0.4 is 5.32 Å². The molecule has 0 aliphatic carbocycles. The number of benzene rings is 1. The number of likely N-dealkylation sites (N-methyl/N-ethyl adjacent to an activating group) is 1. The van der Waals surface area contributed by atoms with Gasteiger partial charge in [-0.05, 0) is 38.6 Å². The first kappa shape index (κ1) is 17.2. The molecule has 0 radical (unpaired) electrons. The third kappa shape index (κ3) is 5.55. The molecule has 5 nitrogen and oxygen atoms in total. The lowest BCUT2D eigenvalue weighted by Gasteiger charge is -2.24. The molecule has 0 spiro atoms. The van der Waals surface area contributed by atoms with Crippen molar-refractivity contribution in [2.75, 3.05) is 20.6 Å². The van der Waals surface area contributed by atoms with Crippen LogP contribution in [0.4, 0.5) is 0 Å². The Hall–Kier alpha value is -1.88. The average molecular weight is 292 g/mol. The minimum atomic E-state index is -1.09. The summed E-state index contributed by atoms with van der Waals surface area (Å²) >= 11 is 0. The lowest BCUT2D eigenvalue weighted by atomic mass is 10.0. The number of carboxylic acids is 1. The predicted molar refractivity (Wildman–Crippen MR) is 82.7 cm³/mol. The number of carbonyl (C=O) groups is 2. The number of rotatable bonds is 7. The van der Waals surface area contributed by atoms with Gasteiger partial charge in [0, 0.05) is 12.6 Å². The summed E-state index contributed by atoms with van der Waals surface area (Å²) in [5.41, 5.74) is 0.237. The number of nitrogens with zero attached hydrogens (tertiary/aromatic N) is 1. The Morgan fingerprint density at radius 1 is 1.19 bits per heavy atom. The molecule has 0 aliphatic heterocycles. The van der Waals surface area contributed by atoms with Crippen LogP contribution in [-0.4, -0.2) is 48.6 Å². The Morgan fingerprint density at radius 2 is 1.76 bits per heavy atom. The summed E-state index contributed by atoms with van der Waals surface area (Å²) in [5, 5.41) is 12.1. The van der Waals surface area contributed by atoms with Gasteiger partial charge in [-0.25, -0.2) is 4.79 Å². The zero-order valence-corrected chi connectivity index (χ0v) is 13.1. The second kappa shape index (κ2) is 7.78. The van der Waals surface area contributed by atoms with Crippen molar-refractivity contribution >= 4 is 11.9 Å². The van der Waals surface area contributed by atoms with E-state index >= 15 is 0 Å². The summed E-state index contributed by atoms with van der Waals surface area (Å²) in [4.78, 5) is 25.5. The molecule has 1 atom stereocenters. The van der Waals surface area contributed by atoms with Crippen LogP contribution in [-0.2, 0) is 0 Å². The molecule has 2 N–H and O–H groups in total. The molecule has 1 aromatic carbocycles. The number of carboxylic acid groups (broad SMARTS) is 1. The van der Waals surface area contributed by atoms with Crippen molar-refractivity contribution in [2.24, 2.45) is 5.92 Å². The lowest BCUT2D eigenvalue weighted by molar-refractivity contribution is 0.0690. The van der Waals surface area contributed by atoms with Crippen molar-refractivity contribution in [1.29, 1.82) is 0 Å². The Morgan fingerprint density at radius 3 is 2.24 bits per heavy atom. The van der Waals surface area contributed by atoms with Gasteiger partial charge >= 0.3 is 5.97 Å². The van der Waals surface area contributed by atoms with E-state index in [1.54, 1.807) is 18.2 Å². The second-order valence-electron chi connectivity index (χ2n) is 5.91. The first-order chi connectivity index (χ1) is 9.81. The van der Waals surface area contributed by atoms with Gasteiger partial charge in [0.2, 0.25) is 0 Å². The molecule has 21 heavy (non-hydrogen) atoms. The molecule has 0 heterocycles. The Labute approximate surface area is 126 Å². The molecule has 0 aromatic heterocycles. The van der Waals surface area contributed by atoms with Gasteiger partial charge in [0.25, 0.3) is 5.91 Å². The molecule has 1 amide bonds. The summed E-state index contributed by atoms with van der Waals surface area (Å²) in [7, 11) is 3.90. The quantitative estimate of drug-likeness (QED) is 0.807. The van der Waals surface area contributed by atoms with Crippen LogP contribution in [0, 0.1) is 5.92 Å². The molecular formula is C16H24N2O3. The monoisotopic (exact) mass is 292 g/mol. The molecule has 0 fully saturated rings. The zero-order valence-electron chi connectivity index (χ0n) is 13.1. The van der Waals surface area contributed by atoms with Gasteiger partial charge in [0.1, 0.15) is 0 Å². The minimum absolute atomic E-state index is 0.00523. The maximum atomic E-state index is 12.4. The van der Waals surface area contributed by atoms with Gasteiger partial charge in [-0.3, -0.25) is 4.79 Å². The summed E-state index contributed by atoms with van der Waals surface area (Å²) in [5.74, 6) is -0.973. The highest BCUT2D eigenvalue weighted by Gasteiger charge is 2.20. The van der Waals surface area contributed by atoms with Crippen molar-refractivity contribution in [3.05, 3.63) is 35.4 Å². The van der Waals surface area contributed by atoms with E-state index in [0.29, 0.717) is 5.92 Å². The van der Waals surface area contributed by atoms with Gasteiger partial charge < -0.3 is 15.3 Å². The molecule has 1 aromatic rings. The maximum Gasteiger partial charge on any atom is 0.336 e. The van der Waals surface area contributed by atoms with Gasteiger partial charge in [-0.1, -0.05) is 26.0 Å². The molecule has 0 saturated carbocycles. The van der Waals surface area contributed by atoms with Crippen molar-refractivity contribution in [3.63, 3.8) is 0 Å². The molecule has 116 valence electrons. The smallest absolute Gasteiger partial charge is 0.336 e. The van der Waals surface area contributed by atoms with E-state index in [1.165, 1.54) is 6.07 Å². The van der Waals surface area contributed by atoms with E-state index in [0.717, 1.165) is 13.0 Å². The first-order valence-electron chi connectivity index (χ1n) is 7.09. The second-order valence-corrected chi connectivity index (χ2v) is 5.91. The number of carbonyl (C=O) groups excluding carboxylic acids is 1. The van der Waals surface area contributed by atoms with E-state index in [2.05, 4.69) is 19.2 Å². The molecule has 0 aliphatic rings. The number of amides is 1. The third-order valence-corrected chi connectivity index (χ3v) is 3.08. The third-order valence-electron chi connectivity index (χ3n) is 3.08. The van der Waals surface area contributed by atoms with Crippen LogP contribution in [0.2, 0.25) is 0 Å². The fourth-order valence-electron chi connectivity index (χ4n) is 2.32. The van der Waals surface area contributed by atoms with Crippen LogP contribution in [0.15, 0.2) is 24.3 Å². The van der Waals surface area contributed by atoms with Gasteiger partial charge in [-0.15, -0.1) is 0 Å². The highest BCUT2D eigenvalue weighted by atomic mass is 16.4. The highest BCUT2D eigenvalue weighted by molar-refractivity contribution is 6.04. The SMILES string of the molecule is CC(C)CC(CN(C)C)NC(=O)c1ccccc1C(=O)O. The summed E-state index contributed by atoms with van der Waals surface area (Å²) in [6, 6.07) is 6.27. The normalized spacial score (nSPS) is 12.5. The maximum absolute atomic E-state index is 12.4. The summed E-state index contributed by atoms with van der Waals surface area (Å²) < 4.78 is 0. The molecular weight excluding hydrogens is 268 g/mol. The molecule has 1 unspecified atom stereocenters. The standard InChI is InChI=1S/C16H24N2O3/c1-11(2)9-12(10-18(3)4)17-15(19)13-7-5-6-8-14(13)16(20)21/h5-8,11-12H,9-10H2,1-4H3,(H,17,19)(H,20,21). The lowest BCUT2D eigenvalue weighted by Crippen LogP contribution is -2.42. The minimum Gasteiger partial charge on any atom is -0.478 e. The van der Waals surface area contributed by atoms with Crippen LogP contribution >= 0.6 is 0 Å². The van der Waals surface area contributed by atoms with Crippen LogP contribution in [0.5, 0.6) is 0 Å². The highest BCUT2D eigenvalue weighted by Crippen LogP contribution is 2.11. The number of hydrogen-bond donors (Lipinski definition) is 2. The largest absolute Gasteiger partial charge is 0.478 e. The molecule has 5 heteroatoms. The van der Waals surface area contributed by atoms with E-state index in [9.17, 15) is 9.59 Å². The Bertz CT molecular complexity index is 488. The Balaban J connectivity index is 2.89.